The largest absolute Gasteiger partial charge is 0.548 e. The van der Waals surface area contributed by atoms with Crippen molar-refractivity contribution in [2.75, 3.05) is 6.54 Å². The first-order chi connectivity index (χ1) is 8.60. The van der Waals surface area contributed by atoms with Gasteiger partial charge in [-0.25, -0.2) is 4.79 Å². The van der Waals surface area contributed by atoms with E-state index < -0.39 is 29.9 Å². The van der Waals surface area contributed by atoms with Crippen LogP contribution in [0.2, 0.25) is 0 Å². The van der Waals surface area contributed by atoms with Gasteiger partial charge in [0.2, 0.25) is 0 Å². The van der Waals surface area contributed by atoms with Crippen molar-refractivity contribution < 1.29 is 24.5 Å². The molecule has 1 aliphatic rings. The van der Waals surface area contributed by atoms with Crippen molar-refractivity contribution in [1.29, 1.82) is 0 Å². The Bertz CT molecular complexity index is 411. The molecule has 108 valence electrons. The Morgan fingerprint density at radius 2 is 2.05 bits per heavy atom. The van der Waals surface area contributed by atoms with Crippen molar-refractivity contribution in [3.05, 3.63) is 11.6 Å². The lowest BCUT2D eigenvalue weighted by atomic mass is 9.88. The summed E-state index contributed by atoms with van der Waals surface area (Å²) < 4.78 is 5.18. The fourth-order valence-electron chi connectivity index (χ4n) is 2.08. The summed E-state index contributed by atoms with van der Waals surface area (Å²) >= 11 is 0. The van der Waals surface area contributed by atoms with Gasteiger partial charge in [-0.3, -0.25) is 4.90 Å². The predicted octanol–water partition coefficient (Wildman–Crippen LogP) is 0.402. The quantitative estimate of drug-likeness (QED) is 0.730. The van der Waals surface area contributed by atoms with E-state index in [0.29, 0.717) is 12.8 Å². The number of amides is 1. The Kier molecular flexibility index (Phi) is 4.25. The molecule has 1 N–H and O–H groups in total. The summed E-state index contributed by atoms with van der Waals surface area (Å²) in [5, 5.41) is 21.0. The van der Waals surface area contributed by atoms with Crippen LogP contribution in [0, 0.1) is 0 Å². The smallest absolute Gasteiger partial charge is 0.413 e. The number of aliphatic carboxylic acids is 1. The van der Waals surface area contributed by atoms with Gasteiger partial charge in [-0.1, -0.05) is 11.6 Å². The minimum atomic E-state index is -1.68. The highest BCUT2D eigenvalue weighted by atomic mass is 16.6. The van der Waals surface area contributed by atoms with Crippen LogP contribution >= 0.6 is 0 Å². The van der Waals surface area contributed by atoms with E-state index in [9.17, 15) is 19.8 Å². The van der Waals surface area contributed by atoms with Gasteiger partial charge < -0.3 is 19.7 Å². The standard InChI is InChI=1S/C13H21NO5/c1-9(2)6-5-7-12(3)13(4,18)14(8-10(15)16)11(17)19-12/h6,18H,5,7-8H2,1-4H3,(H,15,16)/p-1/t12-,13-/m0/s1. The molecule has 0 radical (unpaired) electrons. The molecule has 0 aromatic carbocycles. The first-order valence-electron chi connectivity index (χ1n) is 6.16. The van der Waals surface area contributed by atoms with Crippen LogP contribution in [0.15, 0.2) is 11.6 Å². The monoisotopic (exact) mass is 270 g/mol. The summed E-state index contributed by atoms with van der Waals surface area (Å²) in [6, 6.07) is 0. The Balaban J connectivity index is 2.88. The molecule has 0 unspecified atom stereocenters. The molecule has 6 heteroatoms. The minimum absolute atomic E-state index is 0.403. The van der Waals surface area contributed by atoms with Gasteiger partial charge in [0, 0.05) is 0 Å². The average Bonchev–Trinajstić information content (AvgIpc) is 2.38. The zero-order valence-electron chi connectivity index (χ0n) is 11.7. The van der Waals surface area contributed by atoms with Crippen LogP contribution in [-0.4, -0.2) is 39.9 Å². The summed E-state index contributed by atoms with van der Waals surface area (Å²) in [4.78, 5) is 23.1. The summed E-state index contributed by atoms with van der Waals surface area (Å²) in [6.45, 7) is 6.18. The van der Waals surface area contributed by atoms with Gasteiger partial charge in [0.05, 0.1) is 12.5 Å². The fourth-order valence-corrected chi connectivity index (χ4v) is 2.08. The number of nitrogens with zero attached hydrogens (tertiary/aromatic N) is 1. The molecular formula is C13H20NO5-. The Morgan fingerprint density at radius 1 is 1.47 bits per heavy atom. The predicted molar refractivity (Wildman–Crippen MR) is 65.9 cm³/mol. The van der Waals surface area contributed by atoms with Crippen molar-refractivity contribution in [1.82, 2.24) is 4.90 Å². The molecule has 0 saturated carbocycles. The lowest BCUT2D eigenvalue weighted by molar-refractivity contribution is -0.308. The van der Waals surface area contributed by atoms with Crippen LogP contribution in [0.1, 0.15) is 40.5 Å². The SMILES string of the molecule is CC(C)=CCC[C@]1(C)OC(=O)N(CC(=O)[O-])[C@@]1(C)O. The lowest BCUT2D eigenvalue weighted by Gasteiger charge is -2.37. The Morgan fingerprint density at radius 3 is 2.53 bits per heavy atom. The number of cyclic esters (lactones) is 1. The maximum absolute atomic E-state index is 11.7. The molecule has 1 amide bonds. The number of carbonyl (C=O) groups excluding carboxylic acids is 2. The number of carboxylic acid groups (broad SMARTS) is 1. The molecule has 2 atom stereocenters. The highest BCUT2D eigenvalue weighted by molar-refractivity contribution is 5.78. The summed E-state index contributed by atoms with van der Waals surface area (Å²) in [5.74, 6) is -1.44. The van der Waals surface area contributed by atoms with Crippen LogP contribution in [0.4, 0.5) is 4.79 Å². The van der Waals surface area contributed by atoms with Crippen LogP contribution < -0.4 is 5.11 Å². The van der Waals surface area contributed by atoms with E-state index in [1.807, 2.05) is 19.9 Å². The van der Waals surface area contributed by atoms with Crippen molar-refractivity contribution >= 4 is 12.1 Å². The van der Waals surface area contributed by atoms with E-state index >= 15 is 0 Å². The van der Waals surface area contributed by atoms with Gasteiger partial charge in [-0.05, 0) is 40.5 Å². The zero-order valence-corrected chi connectivity index (χ0v) is 11.7. The Labute approximate surface area is 112 Å². The maximum atomic E-state index is 11.7. The van der Waals surface area contributed by atoms with Gasteiger partial charge in [0.1, 0.15) is 0 Å². The van der Waals surface area contributed by atoms with Crippen LogP contribution in [0.5, 0.6) is 0 Å². The number of carboxylic acids is 1. The molecule has 0 bridgehead atoms. The molecule has 0 aromatic rings. The number of hydrogen-bond acceptors (Lipinski definition) is 5. The molecule has 1 rings (SSSR count). The number of ether oxygens (including phenoxy) is 1. The van der Waals surface area contributed by atoms with Gasteiger partial charge in [0.25, 0.3) is 0 Å². The van der Waals surface area contributed by atoms with E-state index in [4.69, 9.17) is 4.74 Å². The van der Waals surface area contributed by atoms with E-state index in [1.165, 1.54) is 6.92 Å². The molecule has 1 saturated heterocycles. The second-order valence-electron chi connectivity index (χ2n) is 5.40. The number of allylic oxidation sites excluding steroid dienone is 2. The number of aliphatic hydroxyl groups is 1. The first-order valence-corrected chi connectivity index (χ1v) is 6.16. The summed E-state index contributed by atoms with van der Waals surface area (Å²) in [7, 11) is 0. The number of carbonyl (C=O) groups is 2. The third-order valence-electron chi connectivity index (χ3n) is 3.52. The summed E-state index contributed by atoms with van der Waals surface area (Å²) in [5.41, 5.74) is -1.70. The normalized spacial score (nSPS) is 30.2. The van der Waals surface area contributed by atoms with Crippen molar-refractivity contribution in [2.24, 2.45) is 0 Å². The topological polar surface area (TPSA) is 89.9 Å². The van der Waals surface area contributed by atoms with E-state index in [0.717, 1.165) is 10.5 Å². The Hall–Kier alpha value is -1.56. The van der Waals surface area contributed by atoms with Crippen LogP contribution in [0.3, 0.4) is 0 Å². The highest BCUT2D eigenvalue weighted by Gasteiger charge is 2.58. The molecule has 19 heavy (non-hydrogen) atoms. The third kappa shape index (κ3) is 3.07. The molecular weight excluding hydrogens is 250 g/mol. The van der Waals surface area contributed by atoms with E-state index in [-0.39, 0.29) is 0 Å². The summed E-state index contributed by atoms with van der Waals surface area (Å²) in [6.07, 6.45) is 2.16. The zero-order chi connectivity index (χ0) is 14.8. The number of rotatable bonds is 5. The molecule has 1 heterocycles. The van der Waals surface area contributed by atoms with Crippen LogP contribution in [0.25, 0.3) is 0 Å². The molecule has 0 spiro atoms. The molecule has 0 aliphatic carbocycles. The second-order valence-corrected chi connectivity index (χ2v) is 5.40. The van der Waals surface area contributed by atoms with Crippen molar-refractivity contribution in [3.8, 4) is 0 Å². The fraction of sp³-hybridized carbons (Fsp3) is 0.692. The highest BCUT2D eigenvalue weighted by Crippen LogP contribution is 2.40. The maximum Gasteiger partial charge on any atom is 0.413 e. The van der Waals surface area contributed by atoms with Gasteiger partial charge >= 0.3 is 6.09 Å². The van der Waals surface area contributed by atoms with E-state index in [1.54, 1.807) is 6.92 Å². The molecule has 6 nitrogen and oxygen atoms in total. The van der Waals surface area contributed by atoms with Gasteiger partial charge in [-0.15, -0.1) is 0 Å². The molecule has 1 fully saturated rings. The molecule has 1 aliphatic heterocycles. The van der Waals surface area contributed by atoms with Crippen LogP contribution in [-0.2, 0) is 9.53 Å². The number of hydrogen-bond donors (Lipinski definition) is 1. The first kappa shape index (κ1) is 15.5. The van der Waals surface area contributed by atoms with Gasteiger partial charge in [0.15, 0.2) is 11.3 Å². The minimum Gasteiger partial charge on any atom is -0.548 e. The van der Waals surface area contributed by atoms with Gasteiger partial charge in [-0.2, -0.15) is 0 Å². The molecule has 0 aromatic heterocycles. The second kappa shape index (κ2) is 5.21. The third-order valence-corrected chi connectivity index (χ3v) is 3.52. The average molecular weight is 270 g/mol. The lowest BCUT2D eigenvalue weighted by Crippen LogP contribution is -2.57. The van der Waals surface area contributed by atoms with Crippen molar-refractivity contribution in [2.45, 2.75) is 51.9 Å². The van der Waals surface area contributed by atoms with Crippen molar-refractivity contribution in [3.63, 3.8) is 0 Å². The van der Waals surface area contributed by atoms with E-state index in [2.05, 4.69) is 0 Å².